The van der Waals surface area contributed by atoms with E-state index in [1.165, 1.54) is 77.0 Å². The van der Waals surface area contributed by atoms with Crippen LogP contribution in [-0.2, 0) is 0 Å². The summed E-state index contributed by atoms with van der Waals surface area (Å²) in [6, 6.07) is 2.16. The molecule has 3 heteroatoms. The molecule has 0 radical (unpaired) electrons. The molecule has 3 nitrogen and oxygen atoms in total. The van der Waals surface area contributed by atoms with Gasteiger partial charge in [0, 0.05) is 29.2 Å². The molecular weight excluding hydrogens is 318 g/mol. The summed E-state index contributed by atoms with van der Waals surface area (Å²) in [4.78, 5) is 0. The van der Waals surface area contributed by atoms with Gasteiger partial charge in [-0.25, -0.2) is 0 Å². The van der Waals surface area contributed by atoms with E-state index in [9.17, 15) is 0 Å². The van der Waals surface area contributed by atoms with E-state index in [0.717, 1.165) is 12.1 Å². The Morgan fingerprint density at radius 3 is 1.00 bits per heavy atom. The summed E-state index contributed by atoms with van der Waals surface area (Å²) in [7, 11) is 0. The Labute approximate surface area is 164 Å². The fourth-order valence-electron chi connectivity index (χ4n) is 4.32. The molecule has 0 aromatic carbocycles. The number of hydrogen-bond acceptors (Lipinski definition) is 3. The van der Waals surface area contributed by atoms with Crippen LogP contribution in [0, 0.1) is 0 Å². The zero-order chi connectivity index (χ0) is 19.6. The van der Waals surface area contributed by atoms with Crippen molar-refractivity contribution in [1.29, 1.82) is 0 Å². The molecule has 0 spiro atoms. The third-order valence-corrected chi connectivity index (χ3v) is 5.38. The predicted molar refractivity (Wildman–Crippen MR) is 117 cm³/mol. The summed E-state index contributed by atoms with van der Waals surface area (Å²) < 4.78 is 0. The van der Waals surface area contributed by atoms with Crippen molar-refractivity contribution in [3.8, 4) is 0 Å². The van der Waals surface area contributed by atoms with Gasteiger partial charge < -0.3 is 16.4 Å². The van der Waals surface area contributed by atoms with E-state index >= 15 is 0 Å². The first kappa shape index (κ1) is 23.9. The van der Waals surface area contributed by atoms with Gasteiger partial charge >= 0.3 is 0 Å². The maximum Gasteiger partial charge on any atom is 0.00990 e. The van der Waals surface area contributed by atoms with Crippen LogP contribution >= 0.6 is 0 Å². The second-order valence-electron chi connectivity index (χ2n) is 10.8. The van der Waals surface area contributed by atoms with Crippen LogP contribution in [0.5, 0.6) is 0 Å². The van der Waals surface area contributed by atoms with E-state index in [2.05, 4.69) is 52.2 Å². The molecule has 0 atom stereocenters. The van der Waals surface area contributed by atoms with Gasteiger partial charge in [-0.15, -0.1) is 0 Å². The lowest BCUT2D eigenvalue weighted by molar-refractivity contribution is 0.361. The molecule has 0 aromatic rings. The van der Waals surface area contributed by atoms with Gasteiger partial charge in [-0.3, -0.25) is 0 Å². The minimum absolute atomic E-state index is 0.314. The van der Waals surface area contributed by atoms with Gasteiger partial charge in [0.05, 0.1) is 0 Å². The second kappa shape index (κ2) is 11.7. The Kier molecular flexibility index (Phi) is 10.7. The summed E-state index contributed by atoms with van der Waals surface area (Å²) in [5.41, 5.74) is 6.16. The van der Waals surface area contributed by atoms with E-state index in [1.807, 2.05) is 0 Å². The molecule has 3 saturated carbocycles. The first-order valence-electron chi connectivity index (χ1n) is 11.4. The Morgan fingerprint density at radius 2 is 0.808 bits per heavy atom. The summed E-state index contributed by atoms with van der Waals surface area (Å²) in [6.45, 7) is 13.4. The third-order valence-electron chi connectivity index (χ3n) is 5.38. The zero-order valence-electron chi connectivity index (χ0n) is 18.8. The molecule has 3 rings (SSSR count). The van der Waals surface area contributed by atoms with Crippen LogP contribution in [0.3, 0.4) is 0 Å². The lowest BCUT2D eigenvalue weighted by Crippen LogP contribution is -2.42. The lowest BCUT2D eigenvalue weighted by Gasteiger charge is -2.25. The summed E-state index contributed by atoms with van der Waals surface area (Å²) in [6.07, 6.45) is 16.5. The maximum absolute atomic E-state index is 5.53. The van der Waals surface area contributed by atoms with Gasteiger partial charge in [-0.2, -0.15) is 0 Å². The first-order chi connectivity index (χ1) is 12.1. The van der Waals surface area contributed by atoms with Crippen molar-refractivity contribution in [2.24, 2.45) is 5.73 Å². The van der Waals surface area contributed by atoms with Crippen molar-refractivity contribution in [2.45, 2.75) is 148 Å². The van der Waals surface area contributed by atoms with Crippen molar-refractivity contribution in [3.05, 3.63) is 0 Å². The lowest BCUT2D eigenvalue weighted by atomic mass is 10.1. The smallest absolute Gasteiger partial charge is 0.00990 e. The highest BCUT2D eigenvalue weighted by atomic mass is 15.0. The minimum atomic E-state index is 0.314. The highest BCUT2D eigenvalue weighted by Crippen LogP contribution is 2.20. The van der Waals surface area contributed by atoms with Crippen LogP contribution in [0.2, 0.25) is 0 Å². The standard InChI is InChI=1S/2C9H19N.C5H11N/c2*1-9(2,3)10-8-6-4-5-7-8;6-5-3-1-2-4-5/h2*8,10H,4-7H2,1-3H3;5H,1-4,6H2. The molecule has 0 bridgehead atoms. The SMILES string of the molecule is CC(C)(C)NC1CCCC1.CC(C)(C)NC1CCCC1.NC1CCCC1. The van der Waals surface area contributed by atoms with Gasteiger partial charge in [0.2, 0.25) is 0 Å². The maximum atomic E-state index is 5.53. The molecule has 156 valence electrons. The van der Waals surface area contributed by atoms with Gasteiger partial charge in [0.15, 0.2) is 0 Å². The summed E-state index contributed by atoms with van der Waals surface area (Å²) in [5, 5.41) is 7.24. The first-order valence-corrected chi connectivity index (χ1v) is 11.4. The molecule has 0 unspecified atom stereocenters. The van der Waals surface area contributed by atoms with Crippen molar-refractivity contribution >= 4 is 0 Å². The van der Waals surface area contributed by atoms with Crippen molar-refractivity contribution in [1.82, 2.24) is 10.6 Å². The molecule has 0 amide bonds. The van der Waals surface area contributed by atoms with Crippen LogP contribution in [0.15, 0.2) is 0 Å². The van der Waals surface area contributed by atoms with Crippen LogP contribution in [-0.4, -0.2) is 29.2 Å². The van der Waals surface area contributed by atoms with Crippen LogP contribution in [0.1, 0.15) is 119 Å². The zero-order valence-corrected chi connectivity index (χ0v) is 18.8. The highest BCUT2D eigenvalue weighted by molar-refractivity contribution is 4.82. The van der Waals surface area contributed by atoms with E-state index < -0.39 is 0 Å². The molecule has 3 aliphatic rings. The average molecular weight is 368 g/mol. The monoisotopic (exact) mass is 367 g/mol. The molecule has 0 heterocycles. The minimum Gasteiger partial charge on any atom is -0.328 e. The molecule has 26 heavy (non-hydrogen) atoms. The van der Waals surface area contributed by atoms with Crippen molar-refractivity contribution in [3.63, 3.8) is 0 Å². The number of nitrogens with two attached hydrogens (primary N) is 1. The van der Waals surface area contributed by atoms with Crippen molar-refractivity contribution in [2.75, 3.05) is 0 Å². The molecule has 0 saturated heterocycles. The highest BCUT2D eigenvalue weighted by Gasteiger charge is 2.20. The topological polar surface area (TPSA) is 50.1 Å². The molecule has 0 aliphatic heterocycles. The average Bonchev–Trinajstić information content (AvgIpc) is 3.21. The molecule has 3 fully saturated rings. The molecular formula is C23H49N3. The van der Waals surface area contributed by atoms with Gasteiger partial charge in [0.25, 0.3) is 0 Å². The molecule has 0 aromatic heterocycles. The van der Waals surface area contributed by atoms with Gasteiger partial charge in [-0.1, -0.05) is 38.5 Å². The third kappa shape index (κ3) is 13.1. The predicted octanol–water partition coefficient (Wildman–Crippen LogP) is 5.52. The largest absolute Gasteiger partial charge is 0.328 e. The Hall–Kier alpha value is -0.120. The van der Waals surface area contributed by atoms with Crippen LogP contribution < -0.4 is 16.4 Å². The van der Waals surface area contributed by atoms with E-state index in [-0.39, 0.29) is 0 Å². The van der Waals surface area contributed by atoms with Crippen LogP contribution in [0.25, 0.3) is 0 Å². The van der Waals surface area contributed by atoms with Gasteiger partial charge in [0.1, 0.15) is 0 Å². The van der Waals surface area contributed by atoms with E-state index in [1.54, 1.807) is 0 Å². The fraction of sp³-hybridized carbons (Fsp3) is 1.00. The van der Waals surface area contributed by atoms with Gasteiger partial charge in [-0.05, 0) is 80.1 Å². The number of rotatable bonds is 2. The van der Waals surface area contributed by atoms with Crippen LogP contribution in [0.4, 0.5) is 0 Å². The Morgan fingerprint density at radius 1 is 0.538 bits per heavy atom. The van der Waals surface area contributed by atoms with E-state index in [4.69, 9.17) is 5.73 Å². The summed E-state index contributed by atoms with van der Waals surface area (Å²) in [5.74, 6) is 0. The molecule has 4 N–H and O–H groups in total. The second-order valence-corrected chi connectivity index (χ2v) is 10.8. The summed E-state index contributed by atoms with van der Waals surface area (Å²) >= 11 is 0. The number of hydrogen-bond donors (Lipinski definition) is 3. The molecule has 3 aliphatic carbocycles. The fourth-order valence-corrected chi connectivity index (χ4v) is 4.32. The number of nitrogens with one attached hydrogen (secondary N) is 2. The Bertz CT molecular complexity index is 307. The van der Waals surface area contributed by atoms with Crippen molar-refractivity contribution < 1.29 is 0 Å². The van der Waals surface area contributed by atoms with E-state index in [0.29, 0.717) is 17.1 Å². The Balaban J connectivity index is 0.000000201. The quantitative estimate of drug-likeness (QED) is 0.602. The normalized spacial score (nSPS) is 22.7.